The number of rotatable bonds is 7. The zero-order valence-electron chi connectivity index (χ0n) is 10.0. The molecule has 0 heterocycles. The fourth-order valence-corrected chi connectivity index (χ4v) is 2.43. The van der Waals surface area contributed by atoms with E-state index in [4.69, 9.17) is 4.74 Å². The van der Waals surface area contributed by atoms with Crippen LogP contribution in [-0.2, 0) is 4.74 Å². The summed E-state index contributed by atoms with van der Waals surface area (Å²) in [5.41, 5.74) is 0. The summed E-state index contributed by atoms with van der Waals surface area (Å²) < 4.78 is 31.4. The van der Waals surface area contributed by atoms with Crippen molar-refractivity contribution in [1.29, 1.82) is 0 Å². The highest BCUT2D eigenvalue weighted by molar-refractivity contribution is 7.99. The molecule has 0 aliphatic carbocycles. The molecule has 0 saturated heterocycles. The van der Waals surface area contributed by atoms with Crippen LogP contribution in [0.15, 0.2) is 23.1 Å². The van der Waals surface area contributed by atoms with Gasteiger partial charge in [-0.25, -0.2) is 8.78 Å². The predicted molar refractivity (Wildman–Crippen MR) is 66.4 cm³/mol. The van der Waals surface area contributed by atoms with Crippen LogP contribution in [0.25, 0.3) is 0 Å². The van der Waals surface area contributed by atoms with Gasteiger partial charge in [-0.15, -0.1) is 11.8 Å². The van der Waals surface area contributed by atoms with Crippen molar-refractivity contribution in [3.63, 3.8) is 0 Å². The maximum Gasteiger partial charge on any atom is 0.136 e. The van der Waals surface area contributed by atoms with Crippen LogP contribution in [0.5, 0.6) is 0 Å². The molecule has 0 aromatic heterocycles. The topological polar surface area (TPSA) is 21.3 Å². The van der Waals surface area contributed by atoms with Crippen LogP contribution in [0.3, 0.4) is 0 Å². The number of halogens is 2. The minimum Gasteiger partial charge on any atom is -0.383 e. The zero-order valence-corrected chi connectivity index (χ0v) is 10.8. The van der Waals surface area contributed by atoms with E-state index in [2.05, 4.69) is 5.32 Å². The molecule has 1 rings (SSSR count). The van der Waals surface area contributed by atoms with Crippen LogP contribution in [-0.4, -0.2) is 32.1 Å². The van der Waals surface area contributed by atoms with E-state index in [-0.39, 0.29) is 11.9 Å². The van der Waals surface area contributed by atoms with Crippen molar-refractivity contribution >= 4 is 11.8 Å². The second-order valence-corrected chi connectivity index (χ2v) is 4.66. The van der Waals surface area contributed by atoms with Crippen LogP contribution in [0, 0.1) is 11.6 Å². The van der Waals surface area contributed by atoms with Crippen LogP contribution in [0.4, 0.5) is 8.78 Å². The quantitative estimate of drug-likeness (QED) is 0.763. The van der Waals surface area contributed by atoms with E-state index < -0.39 is 5.82 Å². The first kappa shape index (κ1) is 14.4. The molecule has 1 aromatic rings. The van der Waals surface area contributed by atoms with Gasteiger partial charge in [0, 0.05) is 23.8 Å². The van der Waals surface area contributed by atoms with Crippen molar-refractivity contribution < 1.29 is 13.5 Å². The van der Waals surface area contributed by atoms with Gasteiger partial charge in [-0.05, 0) is 24.7 Å². The average Bonchev–Trinajstić information content (AvgIpc) is 2.30. The Hall–Kier alpha value is -0.650. The lowest BCUT2D eigenvalue weighted by Gasteiger charge is -2.16. The molecule has 0 radical (unpaired) electrons. The largest absolute Gasteiger partial charge is 0.383 e. The third-order valence-corrected chi connectivity index (χ3v) is 3.39. The molecule has 2 nitrogen and oxygen atoms in total. The standard InChI is InChI=1S/C12H17F2NOS/c1-3-15-10(7-16-2)8-17-12-6-9(13)4-5-11(12)14/h4-6,10,15H,3,7-8H2,1-2H3. The van der Waals surface area contributed by atoms with Crippen molar-refractivity contribution in [2.45, 2.75) is 17.9 Å². The summed E-state index contributed by atoms with van der Waals surface area (Å²) in [6, 6.07) is 3.63. The molecule has 0 spiro atoms. The lowest BCUT2D eigenvalue weighted by atomic mass is 10.3. The first-order valence-corrected chi connectivity index (χ1v) is 6.46. The zero-order chi connectivity index (χ0) is 12.7. The number of thioether (sulfide) groups is 1. The SMILES string of the molecule is CCNC(COC)CSc1cc(F)ccc1F. The minimum atomic E-state index is -0.416. The van der Waals surface area contributed by atoms with Gasteiger partial charge in [0.2, 0.25) is 0 Å². The van der Waals surface area contributed by atoms with Gasteiger partial charge in [0.25, 0.3) is 0 Å². The van der Waals surface area contributed by atoms with Crippen LogP contribution >= 0.6 is 11.8 Å². The molecule has 0 amide bonds. The minimum absolute atomic E-state index is 0.137. The fourth-order valence-electron chi connectivity index (χ4n) is 1.43. The maximum atomic E-state index is 13.4. The van der Waals surface area contributed by atoms with Gasteiger partial charge >= 0.3 is 0 Å². The van der Waals surface area contributed by atoms with Crippen molar-refractivity contribution in [3.05, 3.63) is 29.8 Å². The molecule has 17 heavy (non-hydrogen) atoms. The van der Waals surface area contributed by atoms with Gasteiger partial charge in [-0.2, -0.15) is 0 Å². The van der Waals surface area contributed by atoms with Crippen LogP contribution in [0.1, 0.15) is 6.92 Å². The van der Waals surface area contributed by atoms with Crippen molar-refractivity contribution in [3.8, 4) is 0 Å². The van der Waals surface area contributed by atoms with E-state index in [1.807, 2.05) is 6.92 Å². The second kappa shape index (κ2) is 7.63. The Morgan fingerprint density at radius 1 is 1.41 bits per heavy atom. The Labute approximate surface area is 105 Å². The fraction of sp³-hybridized carbons (Fsp3) is 0.500. The maximum absolute atomic E-state index is 13.4. The molecule has 1 unspecified atom stereocenters. The predicted octanol–water partition coefficient (Wildman–Crippen LogP) is 2.68. The molecular formula is C12H17F2NOS. The average molecular weight is 261 g/mol. The number of hydrogen-bond donors (Lipinski definition) is 1. The summed E-state index contributed by atoms with van der Waals surface area (Å²) in [7, 11) is 1.62. The van der Waals surface area contributed by atoms with E-state index in [1.54, 1.807) is 7.11 Å². The van der Waals surface area contributed by atoms with Gasteiger partial charge in [-0.1, -0.05) is 6.92 Å². The number of likely N-dealkylation sites (N-methyl/N-ethyl adjacent to an activating group) is 1. The molecular weight excluding hydrogens is 244 g/mol. The van der Waals surface area contributed by atoms with Gasteiger partial charge < -0.3 is 10.1 Å². The van der Waals surface area contributed by atoms with Gasteiger partial charge in [-0.3, -0.25) is 0 Å². The molecule has 5 heteroatoms. The third kappa shape index (κ3) is 5.02. The molecule has 96 valence electrons. The Balaban J connectivity index is 2.55. The van der Waals surface area contributed by atoms with E-state index in [0.29, 0.717) is 17.3 Å². The van der Waals surface area contributed by atoms with Crippen molar-refractivity contribution in [2.75, 3.05) is 26.0 Å². The van der Waals surface area contributed by atoms with Gasteiger partial charge in [0.15, 0.2) is 0 Å². The van der Waals surface area contributed by atoms with Gasteiger partial charge in [0.1, 0.15) is 11.6 Å². The van der Waals surface area contributed by atoms with Crippen molar-refractivity contribution in [2.24, 2.45) is 0 Å². The highest BCUT2D eigenvalue weighted by atomic mass is 32.2. The molecule has 1 N–H and O–H groups in total. The molecule has 0 fully saturated rings. The third-order valence-electron chi connectivity index (χ3n) is 2.19. The van der Waals surface area contributed by atoms with Gasteiger partial charge in [0.05, 0.1) is 6.61 Å². The number of hydrogen-bond acceptors (Lipinski definition) is 3. The van der Waals surface area contributed by atoms with E-state index >= 15 is 0 Å². The number of methoxy groups -OCH3 is 1. The Morgan fingerprint density at radius 3 is 2.82 bits per heavy atom. The molecule has 1 aromatic carbocycles. The monoisotopic (exact) mass is 261 g/mol. The summed E-state index contributed by atoms with van der Waals surface area (Å²) in [6.07, 6.45) is 0. The van der Waals surface area contributed by atoms with E-state index in [0.717, 1.165) is 18.7 Å². The first-order chi connectivity index (χ1) is 8.17. The summed E-state index contributed by atoms with van der Waals surface area (Å²) in [5.74, 6) is -0.160. The van der Waals surface area contributed by atoms with Crippen LogP contribution < -0.4 is 5.32 Å². The lowest BCUT2D eigenvalue weighted by molar-refractivity contribution is 0.174. The lowest BCUT2D eigenvalue weighted by Crippen LogP contribution is -2.35. The molecule has 0 aliphatic rings. The van der Waals surface area contributed by atoms with Crippen molar-refractivity contribution in [1.82, 2.24) is 5.32 Å². The molecule has 1 atom stereocenters. The smallest absolute Gasteiger partial charge is 0.136 e. The summed E-state index contributed by atoms with van der Waals surface area (Å²) in [6.45, 7) is 3.37. The molecule has 0 saturated carbocycles. The Kier molecular flexibility index (Phi) is 6.47. The first-order valence-electron chi connectivity index (χ1n) is 5.47. The second-order valence-electron chi connectivity index (χ2n) is 3.60. The highest BCUT2D eigenvalue weighted by Gasteiger charge is 2.10. The molecule has 0 bridgehead atoms. The summed E-state index contributed by atoms with van der Waals surface area (Å²) in [5, 5.41) is 3.23. The summed E-state index contributed by atoms with van der Waals surface area (Å²) in [4.78, 5) is 0.337. The highest BCUT2D eigenvalue weighted by Crippen LogP contribution is 2.23. The van der Waals surface area contributed by atoms with E-state index in [9.17, 15) is 8.78 Å². The Bertz CT molecular complexity index is 343. The number of benzene rings is 1. The normalized spacial score (nSPS) is 12.7. The number of nitrogens with one attached hydrogen (secondary N) is 1. The Morgan fingerprint density at radius 2 is 2.18 bits per heavy atom. The number of ether oxygens (including phenoxy) is 1. The summed E-state index contributed by atoms with van der Waals surface area (Å²) >= 11 is 1.29. The van der Waals surface area contributed by atoms with Crippen LogP contribution in [0.2, 0.25) is 0 Å². The van der Waals surface area contributed by atoms with E-state index in [1.165, 1.54) is 17.8 Å². The molecule has 0 aliphatic heterocycles.